The fourth-order valence-corrected chi connectivity index (χ4v) is 2.95. The van der Waals surface area contributed by atoms with Crippen LogP contribution in [-0.2, 0) is 10.2 Å². The number of pyridine rings is 1. The van der Waals surface area contributed by atoms with Crippen molar-refractivity contribution < 1.29 is 4.74 Å². The predicted octanol–water partition coefficient (Wildman–Crippen LogP) is 2.58. The summed E-state index contributed by atoms with van der Waals surface area (Å²) >= 11 is 1.60. The van der Waals surface area contributed by atoms with Gasteiger partial charge < -0.3 is 4.74 Å². The van der Waals surface area contributed by atoms with Crippen LogP contribution in [0.2, 0.25) is 0 Å². The first-order valence-electron chi connectivity index (χ1n) is 6.09. The first-order valence-corrected chi connectivity index (χ1v) is 7.03. The van der Waals surface area contributed by atoms with E-state index in [2.05, 4.69) is 6.92 Å². The van der Waals surface area contributed by atoms with Gasteiger partial charge in [0.1, 0.15) is 0 Å². The van der Waals surface area contributed by atoms with Crippen molar-refractivity contribution in [3.8, 4) is 5.69 Å². The topological polar surface area (TPSA) is 31.2 Å². The highest BCUT2D eigenvalue weighted by Crippen LogP contribution is 2.35. The van der Waals surface area contributed by atoms with Crippen LogP contribution in [0.15, 0.2) is 40.0 Å². The Balaban J connectivity index is 2.09. The number of hydrogen-bond donors (Lipinski definition) is 0. The molecule has 0 bridgehead atoms. The predicted molar refractivity (Wildman–Crippen MR) is 72.7 cm³/mol. The van der Waals surface area contributed by atoms with E-state index in [1.165, 1.54) is 5.56 Å². The van der Waals surface area contributed by atoms with Crippen LogP contribution in [0.25, 0.3) is 5.69 Å². The minimum atomic E-state index is 0.0173. The van der Waals surface area contributed by atoms with E-state index in [4.69, 9.17) is 4.74 Å². The van der Waals surface area contributed by atoms with Crippen molar-refractivity contribution in [1.29, 1.82) is 0 Å². The molecule has 0 atom stereocenters. The lowest BCUT2D eigenvalue weighted by Gasteiger charge is -2.41. The molecule has 0 radical (unpaired) electrons. The second-order valence-corrected chi connectivity index (χ2v) is 5.51. The van der Waals surface area contributed by atoms with E-state index in [1.807, 2.05) is 29.1 Å². The molecule has 0 N–H and O–H groups in total. The van der Waals surface area contributed by atoms with Crippen LogP contribution in [0, 0.1) is 0 Å². The van der Waals surface area contributed by atoms with E-state index in [1.54, 1.807) is 22.0 Å². The van der Waals surface area contributed by atoms with Gasteiger partial charge in [0.15, 0.2) is 0 Å². The van der Waals surface area contributed by atoms with E-state index in [9.17, 15) is 4.79 Å². The summed E-state index contributed by atoms with van der Waals surface area (Å²) < 4.78 is 7.08. The minimum Gasteiger partial charge on any atom is -0.379 e. The molecule has 2 aromatic heterocycles. The molecule has 3 nitrogen and oxygen atoms in total. The molecule has 0 unspecified atom stereocenters. The van der Waals surface area contributed by atoms with Crippen LogP contribution >= 0.6 is 11.3 Å². The number of hydrogen-bond acceptors (Lipinski definition) is 3. The molecule has 1 aliphatic rings. The molecule has 3 rings (SSSR count). The quantitative estimate of drug-likeness (QED) is 0.850. The average Bonchev–Trinajstić information content (AvgIpc) is 2.84. The fourth-order valence-electron chi connectivity index (χ4n) is 2.32. The maximum absolute atomic E-state index is 11.9. The summed E-state index contributed by atoms with van der Waals surface area (Å²) in [6.07, 6.45) is 3.01. The Labute approximate surface area is 110 Å². The van der Waals surface area contributed by atoms with E-state index >= 15 is 0 Å². The molecule has 1 fully saturated rings. The van der Waals surface area contributed by atoms with Gasteiger partial charge in [0.2, 0.25) is 0 Å². The molecular formula is C14H15NO2S. The number of nitrogens with zero attached hydrogens (tertiary/aromatic N) is 1. The molecule has 2 aromatic rings. The van der Waals surface area contributed by atoms with Crippen LogP contribution in [0.3, 0.4) is 0 Å². The summed E-state index contributed by atoms with van der Waals surface area (Å²) in [6.45, 7) is 3.68. The molecule has 0 spiro atoms. The molecule has 94 valence electrons. The summed E-state index contributed by atoms with van der Waals surface area (Å²) in [5.41, 5.74) is 2.26. The van der Waals surface area contributed by atoms with E-state index in [-0.39, 0.29) is 11.0 Å². The second-order valence-electron chi connectivity index (χ2n) is 4.73. The zero-order valence-electron chi connectivity index (χ0n) is 10.3. The summed E-state index contributed by atoms with van der Waals surface area (Å²) in [5, 5.41) is 3.97. The lowest BCUT2D eigenvalue weighted by Crippen LogP contribution is -2.46. The third-order valence-electron chi connectivity index (χ3n) is 3.74. The molecule has 1 aliphatic heterocycles. The fraction of sp³-hybridized carbons (Fsp3) is 0.357. The zero-order valence-corrected chi connectivity index (χ0v) is 11.1. The third-order valence-corrected chi connectivity index (χ3v) is 4.41. The molecule has 4 heteroatoms. The maximum Gasteiger partial charge on any atom is 0.255 e. The standard InChI is InChI=1S/C14H15NO2S/c1-2-14(9-17-10-14)11-3-4-13(16)15(7-11)12-5-6-18-8-12/h3-8H,2,9-10H2,1H3. The van der Waals surface area contributed by atoms with Crippen LogP contribution in [0.1, 0.15) is 18.9 Å². The molecule has 0 amide bonds. The number of thiophene rings is 1. The SMILES string of the molecule is CCC1(c2ccc(=O)n(-c3ccsc3)c2)COC1. The normalized spacial score (nSPS) is 17.4. The van der Waals surface area contributed by atoms with E-state index < -0.39 is 0 Å². The monoisotopic (exact) mass is 261 g/mol. The Kier molecular flexibility index (Phi) is 2.84. The zero-order chi connectivity index (χ0) is 12.6. The Morgan fingerprint density at radius 3 is 2.78 bits per heavy atom. The largest absolute Gasteiger partial charge is 0.379 e. The number of aromatic nitrogens is 1. The summed E-state index contributed by atoms with van der Waals surface area (Å²) in [6, 6.07) is 5.56. The van der Waals surface area contributed by atoms with E-state index in [0.29, 0.717) is 0 Å². The van der Waals surface area contributed by atoms with Gasteiger partial charge in [0, 0.05) is 23.1 Å². The Bertz CT molecular complexity index is 591. The number of rotatable bonds is 3. The Morgan fingerprint density at radius 2 is 2.22 bits per heavy atom. The Morgan fingerprint density at radius 1 is 1.39 bits per heavy atom. The van der Waals surface area contributed by atoms with Crippen molar-refractivity contribution in [2.24, 2.45) is 0 Å². The van der Waals surface area contributed by atoms with Gasteiger partial charge in [-0.05, 0) is 23.4 Å². The summed E-state index contributed by atoms with van der Waals surface area (Å²) in [5.74, 6) is 0. The van der Waals surface area contributed by atoms with Crippen molar-refractivity contribution >= 4 is 11.3 Å². The summed E-state index contributed by atoms with van der Waals surface area (Å²) in [4.78, 5) is 11.9. The van der Waals surface area contributed by atoms with Gasteiger partial charge in [0.05, 0.1) is 18.9 Å². The highest BCUT2D eigenvalue weighted by atomic mass is 32.1. The van der Waals surface area contributed by atoms with Crippen LogP contribution in [0.4, 0.5) is 0 Å². The Hall–Kier alpha value is -1.39. The van der Waals surface area contributed by atoms with Crippen molar-refractivity contribution in [2.45, 2.75) is 18.8 Å². The first-order chi connectivity index (χ1) is 8.75. The van der Waals surface area contributed by atoms with Crippen LogP contribution in [0.5, 0.6) is 0 Å². The average molecular weight is 261 g/mol. The lowest BCUT2D eigenvalue weighted by molar-refractivity contribution is -0.0622. The molecule has 0 aromatic carbocycles. The molecule has 1 saturated heterocycles. The van der Waals surface area contributed by atoms with Crippen LogP contribution in [-0.4, -0.2) is 17.8 Å². The second kappa shape index (κ2) is 4.37. The molecule has 0 aliphatic carbocycles. The van der Waals surface area contributed by atoms with Gasteiger partial charge in [-0.1, -0.05) is 13.0 Å². The van der Waals surface area contributed by atoms with E-state index in [0.717, 1.165) is 25.3 Å². The summed E-state index contributed by atoms with van der Waals surface area (Å²) in [7, 11) is 0. The highest BCUT2D eigenvalue weighted by Gasteiger charge is 2.38. The van der Waals surface area contributed by atoms with Crippen molar-refractivity contribution in [1.82, 2.24) is 4.57 Å². The van der Waals surface area contributed by atoms with Gasteiger partial charge in [-0.25, -0.2) is 0 Å². The third kappa shape index (κ3) is 1.72. The van der Waals surface area contributed by atoms with Crippen LogP contribution < -0.4 is 5.56 Å². The van der Waals surface area contributed by atoms with Gasteiger partial charge in [-0.15, -0.1) is 0 Å². The molecule has 0 saturated carbocycles. The van der Waals surface area contributed by atoms with Gasteiger partial charge >= 0.3 is 0 Å². The molecule has 18 heavy (non-hydrogen) atoms. The minimum absolute atomic E-state index is 0.0173. The highest BCUT2D eigenvalue weighted by molar-refractivity contribution is 7.08. The smallest absolute Gasteiger partial charge is 0.255 e. The lowest BCUT2D eigenvalue weighted by atomic mass is 9.77. The van der Waals surface area contributed by atoms with Gasteiger partial charge in [0.25, 0.3) is 5.56 Å². The van der Waals surface area contributed by atoms with Crippen molar-refractivity contribution in [2.75, 3.05) is 13.2 Å². The first kappa shape index (κ1) is 11.7. The molecular weight excluding hydrogens is 246 g/mol. The molecule has 3 heterocycles. The number of ether oxygens (including phenoxy) is 1. The van der Waals surface area contributed by atoms with Crippen molar-refractivity contribution in [3.05, 3.63) is 51.1 Å². The van der Waals surface area contributed by atoms with Crippen molar-refractivity contribution in [3.63, 3.8) is 0 Å². The maximum atomic E-state index is 11.9. The van der Waals surface area contributed by atoms with Gasteiger partial charge in [-0.3, -0.25) is 9.36 Å². The van der Waals surface area contributed by atoms with Gasteiger partial charge in [-0.2, -0.15) is 11.3 Å².